The van der Waals surface area contributed by atoms with Gasteiger partial charge in [0.25, 0.3) is 0 Å². The van der Waals surface area contributed by atoms with Crippen molar-refractivity contribution in [3.63, 3.8) is 0 Å². The molecular weight excluding hydrogens is 302 g/mol. The van der Waals surface area contributed by atoms with Gasteiger partial charge in [-0.05, 0) is 65.3 Å². The van der Waals surface area contributed by atoms with Crippen molar-refractivity contribution < 1.29 is 0 Å². The zero-order valence-electron chi connectivity index (χ0n) is 14.7. The molecule has 0 heterocycles. The van der Waals surface area contributed by atoms with E-state index in [0.29, 0.717) is 0 Å². The topological polar surface area (TPSA) is 12.4 Å². The molecule has 0 aromatic heterocycles. The molecule has 0 saturated carbocycles. The molecule has 25 heavy (non-hydrogen) atoms. The van der Waals surface area contributed by atoms with Crippen LogP contribution in [0.4, 0.5) is 0 Å². The number of aryl methyl sites for hydroxylation is 1. The van der Waals surface area contributed by atoms with Crippen LogP contribution in [0.25, 0.3) is 16.8 Å². The van der Waals surface area contributed by atoms with Crippen LogP contribution in [0.15, 0.2) is 78.3 Å². The van der Waals surface area contributed by atoms with Gasteiger partial charge in [-0.1, -0.05) is 67.2 Å². The zero-order chi connectivity index (χ0) is 17.4. The number of nitrogens with zero attached hydrogens (tertiary/aromatic N) is 1. The Balaban J connectivity index is 1.67. The predicted molar refractivity (Wildman–Crippen MR) is 107 cm³/mol. The standard InChI is InChI=1S/C24H21N/c1-16-8-7-11-21-15-22-14-20(12-13-23(22)24(16)21)18(3)25-17(2)19-9-5-4-6-10-19/h4-14H,2,15H2,1,3H3. The van der Waals surface area contributed by atoms with E-state index in [1.807, 2.05) is 30.3 Å². The van der Waals surface area contributed by atoms with E-state index in [4.69, 9.17) is 4.99 Å². The monoisotopic (exact) mass is 323 g/mol. The molecule has 122 valence electrons. The second kappa shape index (κ2) is 6.18. The lowest BCUT2D eigenvalue weighted by molar-refractivity contribution is 1.25. The van der Waals surface area contributed by atoms with E-state index in [9.17, 15) is 0 Å². The molecule has 0 spiro atoms. The lowest BCUT2D eigenvalue weighted by Gasteiger charge is -2.08. The summed E-state index contributed by atoms with van der Waals surface area (Å²) in [6.45, 7) is 8.37. The van der Waals surface area contributed by atoms with Crippen LogP contribution in [0.1, 0.15) is 34.7 Å². The van der Waals surface area contributed by atoms with E-state index in [2.05, 4.69) is 56.8 Å². The fraction of sp³-hybridized carbons (Fsp3) is 0.125. The summed E-state index contributed by atoms with van der Waals surface area (Å²) in [5.41, 5.74) is 11.0. The Morgan fingerprint density at radius 3 is 2.48 bits per heavy atom. The van der Waals surface area contributed by atoms with Gasteiger partial charge >= 0.3 is 0 Å². The molecule has 0 fully saturated rings. The smallest absolute Gasteiger partial charge is 0.0633 e. The van der Waals surface area contributed by atoms with Crippen LogP contribution in [-0.4, -0.2) is 5.71 Å². The van der Waals surface area contributed by atoms with Crippen LogP contribution >= 0.6 is 0 Å². The summed E-state index contributed by atoms with van der Waals surface area (Å²) in [4.78, 5) is 4.73. The van der Waals surface area contributed by atoms with Crippen molar-refractivity contribution in [3.05, 3.63) is 101 Å². The van der Waals surface area contributed by atoms with Gasteiger partial charge < -0.3 is 0 Å². The quantitative estimate of drug-likeness (QED) is 0.407. The first-order valence-corrected chi connectivity index (χ1v) is 8.65. The highest BCUT2D eigenvalue weighted by atomic mass is 14.7. The molecule has 1 heteroatoms. The molecule has 0 aliphatic heterocycles. The summed E-state index contributed by atoms with van der Waals surface area (Å²) in [5, 5.41) is 0. The third-order valence-corrected chi connectivity index (χ3v) is 4.94. The van der Waals surface area contributed by atoms with Crippen LogP contribution in [0, 0.1) is 6.92 Å². The Kier molecular flexibility index (Phi) is 3.85. The van der Waals surface area contributed by atoms with Gasteiger partial charge in [-0.3, -0.25) is 4.99 Å². The molecule has 0 atom stereocenters. The maximum atomic E-state index is 4.73. The number of aliphatic imine (C=N–C) groups is 1. The normalized spacial score (nSPS) is 12.6. The lowest BCUT2D eigenvalue weighted by atomic mass is 9.99. The highest BCUT2D eigenvalue weighted by Gasteiger charge is 2.20. The molecule has 3 aromatic carbocycles. The van der Waals surface area contributed by atoms with Gasteiger partial charge in [-0.25, -0.2) is 0 Å². The van der Waals surface area contributed by atoms with Crippen LogP contribution in [0.5, 0.6) is 0 Å². The zero-order valence-corrected chi connectivity index (χ0v) is 14.7. The van der Waals surface area contributed by atoms with Gasteiger partial charge in [0.15, 0.2) is 0 Å². The SMILES string of the molecule is C=C(N=C(C)c1ccc2c(c1)Cc1cccc(C)c1-2)c1ccccc1. The Hall–Kier alpha value is -2.93. The molecule has 0 radical (unpaired) electrons. The number of hydrogen-bond donors (Lipinski definition) is 0. The predicted octanol–water partition coefficient (Wildman–Crippen LogP) is 6.05. The van der Waals surface area contributed by atoms with Gasteiger partial charge in [-0.2, -0.15) is 0 Å². The summed E-state index contributed by atoms with van der Waals surface area (Å²) >= 11 is 0. The Morgan fingerprint density at radius 2 is 1.68 bits per heavy atom. The molecule has 4 rings (SSSR count). The largest absolute Gasteiger partial charge is 0.253 e. The highest BCUT2D eigenvalue weighted by molar-refractivity contribution is 6.02. The molecule has 0 N–H and O–H groups in total. The van der Waals surface area contributed by atoms with Crippen molar-refractivity contribution in [1.82, 2.24) is 0 Å². The van der Waals surface area contributed by atoms with E-state index >= 15 is 0 Å². The molecule has 0 unspecified atom stereocenters. The third-order valence-electron chi connectivity index (χ3n) is 4.94. The molecule has 1 nitrogen and oxygen atoms in total. The number of rotatable bonds is 3. The lowest BCUT2D eigenvalue weighted by Crippen LogP contribution is -1.97. The molecule has 3 aromatic rings. The Labute approximate surface area is 149 Å². The van der Waals surface area contributed by atoms with Crippen molar-refractivity contribution >= 4 is 11.4 Å². The summed E-state index contributed by atoms with van der Waals surface area (Å²) in [6, 6.07) is 23.4. The highest BCUT2D eigenvalue weighted by Crippen LogP contribution is 2.39. The first-order valence-electron chi connectivity index (χ1n) is 8.65. The fourth-order valence-corrected chi connectivity index (χ4v) is 3.64. The van der Waals surface area contributed by atoms with Gasteiger partial charge in [0.2, 0.25) is 0 Å². The molecular formula is C24H21N. The molecule has 0 saturated heterocycles. The van der Waals surface area contributed by atoms with Crippen molar-refractivity contribution in [3.8, 4) is 11.1 Å². The fourth-order valence-electron chi connectivity index (χ4n) is 3.64. The van der Waals surface area contributed by atoms with E-state index in [1.54, 1.807) is 0 Å². The Morgan fingerprint density at radius 1 is 0.880 bits per heavy atom. The summed E-state index contributed by atoms with van der Waals surface area (Å²) in [7, 11) is 0. The minimum absolute atomic E-state index is 0.803. The minimum atomic E-state index is 0.803. The number of fused-ring (bicyclic) bond motifs is 3. The molecule has 0 bridgehead atoms. The van der Waals surface area contributed by atoms with Crippen LogP contribution in [0.2, 0.25) is 0 Å². The summed E-state index contributed by atoms with van der Waals surface area (Å²) < 4.78 is 0. The van der Waals surface area contributed by atoms with Gasteiger partial charge in [0.1, 0.15) is 0 Å². The van der Waals surface area contributed by atoms with Crippen LogP contribution in [-0.2, 0) is 6.42 Å². The van der Waals surface area contributed by atoms with E-state index in [-0.39, 0.29) is 0 Å². The van der Waals surface area contributed by atoms with Gasteiger partial charge in [-0.15, -0.1) is 0 Å². The summed E-state index contributed by atoms with van der Waals surface area (Å²) in [5.74, 6) is 0. The van der Waals surface area contributed by atoms with Crippen molar-refractivity contribution in [1.29, 1.82) is 0 Å². The van der Waals surface area contributed by atoms with E-state index < -0.39 is 0 Å². The molecule has 1 aliphatic carbocycles. The molecule has 1 aliphatic rings. The second-order valence-electron chi connectivity index (χ2n) is 6.67. The second-order valence-corrected chi connectivity index (χ2v) is 6.67. The Bertz CT molecular complexity index is 994. The maximum Gasteiger partial charge on any atom is 0.0633 e. The average Bonchev–Trinajstić information content (AvgIpc) is 3.01. The first kappa shape index (κ1) is 15.6. The molecule has 0 amide bonds. The average molecular weight is 323 g/mol. The van der Waals surface area contributed by atoms with Crippen LogP contribution in [0.3, 0.4) is 0 Å². The van der Waals surface area contributed by atoms with Crippen molar-refractivity contribution in [2.45, 2.75) is 20.3 Å². The van der Waals surface area contributed by atoms with Crippen molar-refractivity contribution in [2.75, 3.05) is 0 Å². The number of benzene rings is 3. The van der Waals surface area contributed by atoms with E-state index in [0.717, 1.165) is 23.4 Å². The van der Waals surface area contributed by atoms with Crippen molar-refractivity contribution in [2.24, 2.45) is 4.99 Å². The van der Waals surface area contributed by atoms with Crippen LogP contribution < -0.4 is 0 Å². The van der Waals surface area contributed by atoms with E-state index in [1.165, 1.54) is 33.4 Å². The third kappa shape index (κ3) is 2.83. The van der Waals surface area contributed by atoms with Gasteiger partial charge in [0, 0.05) is 5.71 Å². The maximum absolute atomic E-state index is 4.73. The minimum Gasteiger partial charge on any atom is -0.253 e. The number of hydrogen-bond acceptors (Lipinski definition) is 1. The summed E-state index contributed by atoms with van der Waals surface area (Å²) in [6.07, 6.45) is 1.01. The van der Waals surface area contributed by atoms with Gasteiger partial charge in [0.05, 0.1) is 5.70 Å². The first-order chi connectivity index (χ1) is 12.1.